The summed E-state index contributed by atoms with van der Waals surface area (Å²) in [6.45, 7) is 1.46. The first-order valence-corrected chi connectivity index (χ1v) is 7.74. The highest BCUT2D eigenvalue weighted by Gasteiger charge is 2.24. The molecule has 0 radical (unpaired) electrons. The number of carbonyl (C=O) groups is 1. The lowest BCUT2D eigenvalue weighted by Gasteiger charge is -2.35. The van der Waals surface area contributed by atoms with Crippen LogP contribution in [0.25, 0.3) is 0 Å². The van der Waals surface area contributed by atoms with Gasteiger partial charge in [0.2, 0.25) is 5.91 Å². The first-order valence-electron chi connectivity index (χ1n) is 6.94. The van der Waals surface area contributed by atoms with E-state index >= 15 is 0 Å². The summed E-state index contributed by atoms with van der Waals surface area (Å²) in [5.74, 6) is 0.248. The van der Waals surface area contributed by atoms with Crippen molar-refractivity contribution < 1.29 is 4.79 Å². The van der Waals surface area contributed by atoms with Crippen LogP contribution in [-0.4, -0.2) is 29.9 Å². The molecule has 5 heteroatoms. The summed E-state index contributed by atoms with van der Waals surface area (Å²) in [7, 11) is 0. The molecule has 1 atom stereocenters. The van der Waals surface area contributed by atoms with Crippen molar-refractivity contribution in [3.05, 3.63) is 34.3 Å². The number of carbonyl (C=O) groups excluding carboxylic acids is 1. The van der Waals surface area contributed by atoms with Gasteiger partial charge < -0.3 is 10.6 Å². The molecule has 0 saturated carbocycles. The Morgan fingerprint density at radius 3 is 2.65 bits per heavy atom. The minimum Gasteiger partial charge on any atom is -0.338 e. The lowest BCUT2D eigenvalue weighted by atomic mass is 10.0. The number of aryl methyl sites for hydroxylation is 1. The van der Waals surface area contributed by atoms with Gasteiger partial charge in [0.1, 0.15) is 0 Å². The molecule has 0 bridgehead atoms. The second-order valence-electron chi connectivity index (χ2n) is 5.10. The molecule has 2 rings (SSSR count). The first-order chi connectivity index (χ1) is 9.20. The number of benzene rings is 1. The van der Waals surface area contributed by atoms with Crippen LogP contribution in [0.1, 0.15) is 31.2 Å². The number of likely N-dealkylation sites (tertiary alicyclic amines) is 1. The van der Waals surface area contributed by atoms with E-state index in [9.17, 15) is 4.79 Å². The van der Waals surface area contributed by atoms with Gasteiger partial charge >= 0.3 is 0 Å². The summed E-state index contributed by atoms with van der Waals surface area (Å²) in [5.41, 5.74) is 6.96. The average Bonchev–Trinajstić information content (AvgIpc) is 2.46. The van der Waals surface area contributed by atoms with E-state index in [1.165, 1.54) is 12.0 Å². The number of halogens is 2. The van der Waals surface area contributed by atoms with Crippen molar-refractivity contribution in [2.45, 2.75) is 38.1 Å². The van der Waals surface area contributed by atoms with Crippen molar-refractivity contribution in [2.24, 2.45) is 5.73 Å². The zero-order valence-electron chi connectivity index (χ0n) is 11.6. The van der Waals surface area contributed by atoms with Crippen molar-refractivity contribution in [3.8, 4) is 0 Å². The summed E-state index contributed by atoms with van der Waals surface area (Å²) in [6.07, 6.45) is 4.75. The van der Waals surface area contributed by atoms with Crippen LogP contribution in [0.15, 0.2) is 28.7 Å². The number of nitrogens with zero attached hydrogens (tertiary/aromatic N) is 1. The molecule has 1 fully saturated rings. The molecule has 1 aliphatic rings. The maximum Gasteiger partial charge on any atom is 0.223 e. The second-order valence-corrected chi connectivity index (χ2v) is 6.01. The van der Waals surface area contributed by atoms with E-state index in [-0.39, 0.29) is 24.4 Å². The van der Waals surface area contributed by atoms with E-state index < -0.39 is 0 Å². The molecule has 0 aliphatic carbocycles. The highest BCUT2D eigenvalue weighted by Crippen LogP contribution is 2.18. The molecule has 1 saturated heterocycles. The maximum absolute atomic E-state index is 12.3. The Kier molecular flexibility index (Phi) is 7.56. The van der Waals surface area contributed by atoms with Gasteiger partial charge in [-0.1, -0.05) is 28.1 Å². The fourth-order valence-electron chi connectivity index (χ4n) is 2.62. The predicted molar refractivity (Wildman–Crippen MR) is 88.1 cm³/mol. The number of nitrogens with two attached hydrogens (primary N) is 1. The summed E-state index contributed by atoms with van der Waals surface area (Å²) in [6, 6.07) is 8.42. The Labute approximate surface area is 135 Å². The molecule has 1 unspecified atom stereocenters. The molecule has 2 N–H and O–H groups in total. The molecule has 0 spiro atoms. The zero-order chi connectivity index (χ0) is 13.7. The molecular formula is C15H22BrClN2O. The van der Waals surface area contributed by atoms with Crippen LogP contribution in [0.3, 0.4) is 0 Å². The normalized spacial score (nSPS) is 18.5. The van der Waals surface area contributed by atoms with Crippen molar-refractivity contribution in [1.82, 2.24) is 4.90 Å². The SMILES string of the molecule is Cl.NCC1CCCCN1C(=O)CCc1ccc(Br)cc1. The first kappa shape index (κ1) is 17.5. The monoisotopic (exact) mass is 360 g/mol. The van der Waals surface area contributed by atoms with Gasteiger partial charge in [0.15, 0.2) is 0 Å². The Morgan fingerprint density at radius 1 is 1.30 bits per heavy atom. The third kappa shape index (κ3) is 4.76. The van der Waals surface area contributed by atoms with E-state index in [0.717, 1.165) is 30.3 Å². The standard InChI is InChI=1S/C15H21BrN2O.ClH/c16-13-7-4-12(5-8-13)6-9-15(19)18-10-2-1-3-14(18)11-17;/h4-5,7-8,14H,1-3,6,9-11,17H2;1H. The molecule has 3 nitrogen and oxygen atoms in total. The number of piperidine rings is 1. The quantitative estimate of drug-likeness (QED) is 0.895. The van der Waals surface area contributed by atoms with Crippen molar-refractivity contribution in [3.63, 3.8) is 0 Å². The smallest absolute Gasteiger partial charge is 0.223 e. The summed E-state index contributed by atoms with van der Waals surface area (Å²) >= 11 is 3.42. The van der Waals surface area contributed by atoms with Crippen LogP contribution in [0.5, 0.6) is 0 Å². The van der Waals surface area contributed by atoms with E-state index in [1.807, 2.05) is 17.0 Å². The molecule has 0 aromatic heterocycles. The van der Waals surface area contributed by atoms with Crippen LogP contribution < -0.4 is 5.73 Å². The van der Waals surface area contributed by atoms with E-state index in [1.54, 1.807) is 0 Å². The molecule has 20 heavy (non-hydrogen) atoms. The lowest BCUT2D eigenvalue weighted by molar-refractivity contribution is -0.134. The van der Waals surface area contributed by atoms with Crippen LogP contribution in [0.4, 0.5) is 0 Å². The van der Waals surface area contributed by atoms with Gasteiger partial charge in [0.25, 0.3) is 0 Å². The third-order valence-corrected chi connectivity index (χ3v) is 4.29. The molecule has 112 valence electrons. The van der Waals surface area contributed by atoms with Crippen molar-refractivity contribution in [2.75, 3.05) is 13.1 Å². The van der Waals surface area contributed by atoms with E-state index in [2.05, 4.69) is 28.1 Å². The Balaban J connectivity index is 0.00000200. The summed E-state index contributed by atoms with van der Waals surface area (Å²) in [4.78, 5) is 14.3. The molecule has 1 aliphatic heterocycles. The van der Waals surface area contributed by atoms with Gasteiger partial charge in [-0.2, -0.15) is 0 Å². The number of hydrogen-bond acceptors (Lipinski definition) is 2. The van der Waals surface area contributed by atoms with Gasteiger partial charge in [-0.15, -0.1) is 12.4 Å². The van der Waals surface area contributed by atoms with Crippen molar-refractivity contribution >= 4 is 34.2 Å². The largest absolute Gasteiger partial charge is 0.338 e. The summed E-state index contributed by atoms with van der Waals surface area (Å²) in [5, 5.41) is 0. The van der Waals surface area contributed by atoms with Crippen molar-refractivity contribution in [1.29, 1.82) is 0 Å². The number of amides is 1. The van der Waals surface area contributed by atoms with Gasteiger partial charge in [-0.3, -0.25) is 4.79 Å². The molecule has 1 amide bonds. The maximum atomic E-state index is 12.3. The highest BCUT2D eigenvalue weighted by molar-refractivity contribution is 9.10. The third-order valence-electron chi connectivity index (χ3n) is 3.76. The topological polar surface area (TPSA) is 46.3 Å². The Bertz CT molecular complexity index is 424. The number of rotatable bonds is 4. The zero-order valence-corrected chi connectivity index (χ0v) is 14.0. The van der Waals surface area contributed by atoms with Gasteiger partial charge in [0.05, 0.1) is 0 Å². The predicted octanol–water partition coefficient (Wildman–Crippen LogP) is 3.14. The van der Waals surface area contributed by atoms with E-state index in [0.29, 0.717) is 13.0 Å². The van der Waals surface area contributed by atoms with Crippen LogP contribution >= 0.6 is 28.3 Å². The van der Waals surface area contributed by atoms with E-state index in [4.69, 9.17) is 5.73 Å². The van der Waals surface area contributed by atoms with Crippen LogP contribution in [-0.2, 0) is 11.2 Å². The highest BCUT2D eigenvalue weighted by atomic mass is 79.9. The minimum absolute atomic E-state index is 0. The average molecular weight is 362 g/mol. The fourth-order valence-corrected chi connectivity index (χ4v) is 2.88. The number of hydrogen-bond donors (Lipinski definition) is 1. The second kappa shape index (κ2) is 8.65. The Hall–Kier alpha value is -0.580. The minimum atomic E-state index is 0. The van der Waals surface area contributed by atoms with Gasteiger partial charge in [-0.05, 0) is 43.4 Å². The fraction of sp³-hybridized carbons (Fsp3) is 0.533. The molecule has 1 aromatic rings. The van der Waals surface area contributed by atoms with Crippen LogP contribution in [0, 0.1) is 0 Å². The molecule has 1 aromatic carbocycles. The molecular weight excluding hydrogens is 340 g/mol. The van der Waals surface area contributed by atoms with Gasteiger partial charge in [0, 0.05) is 30.0 Å². The van der Waals surface area contributed by atoms with Gasteiger partial charge in [-0.25, -0.2) is 0 Å². The van der Waals surface area contributed by atoms with Crippen LogP contribution in [0.2, 0.25) is 0 Å². The Morgan fingerprint density at radius 2 is 2.00 bits per heavy atom. The lowest BCUT2D eigenvalue weighted by Crippen LogP contribution is -2.47. The molecule has 1 heterocycles. The summed E-state index contributed by atoms with van der Waals surface area (Å²) < 4.78 is 1.07.